The summed E-state index contributed by atoms with van der Waals surface area (Å²) in [5.41, 5.74) is 3.63. The van der Waals surface area contributed by atoms with Crippen molar-refractivity contribution in [3.63, 3.8) is 0 Å². The summed E-state index contributed by atoms with van der Waals surface area (Å²) in [4.78, 5) is 0. The molecule has 0 spiro atoms. The molecular formula is C16H22N2O. The summed E-state index contributed by atoms with van der Waals surface area (Å²) in [6.07, 6.45) is 1.12. The van der Waals surface area contributed by atoms with E-state index in [1.165, 1.54) is 11.3 Å². The van der Waals surface area contributed by atoms with Crippen LogP contribution in [0.5, 0.6) is 5.75 Å². The third-order valence-electron chi connectivity index (χ3n) is 3.68. The van der Waals surface area contributed by atoms with E-state index in [9.17, 15) is 0 Å². The Morgan fingerprint density at radius 1 is 1.26 bits per heavy atom. The zero-order valence-corrected chi connectivity index (χ0v) is 12.2. The van der Waals surface area contributed by atoms with E-state index in [1.807, 2.05) is 42.1 Å². The van der Waals surface area contributed by atoms with Crippen LogP contribution in [0.25, 0.3) is 0 Å². The van der Waals surface area contributed by atoms with Gasteiger partial charge in [0.25, 0.3) is 0 Å². The van der Waals surface area contributed by atoms with Gasteiger partial charge in [-0.15, -0.1) is 0 Å². The highest BCUT2D eigenvalue weighted by Gasteiger charge is 2.17. The second-order valence-corrected chi connectivity index (χ2v) is 4.98. The van der Waals surface area contributed by atoms with Gasteiger partial charge in [0.2, 0.25) is 0 Å². The maximum Gasteiger partial charge on any atom is 0.132 e. The highest BCUT2D eigenvalue weighted by molar-refractivity contribution is 5.29. The fraction of sp³-hybridized carbons (Fsp3) is 0.438. The minimum absolute atomic E-state index is 0.517. The molecule has 0 fully saturated rings. The molecule has 19 heavy (non-hydrogen) atoms. The van der Waals surface area contributed by atoms with E-state index in [1.54, 1.807) is 0 Å². The van der Waals surface area contributed by atoms with Crippen LogP contribution in [0.15, 0.2) is 30.3 Å². The van der Waals surface area contributed by atoms with Crippen LogP contribution in [0.3, 0.4) is 0 Å². The molecule has 102 valence electrons. The number of benzene rings is 1. The molecule has 1 atom stereocenters. The van der Waals surface area contributed by atoms with E-state index in [2.05, 4.69) is 25.9 Å². The molecule has 2 rings (SSSR count). The number of aryl methyl sites for hydroxylation is 1. The Labute approximate surface area is 115 Å². The van der Waals surface area contributed by atoms with Crippen molar-refractivity contribution in [2.75, 3.05) is 0 Å². The van der Waals surface area contributed by atoms with E-state index in [-0.39, 0.29) is 0 Å². The lowest BCUT2D eigenvalue weighted by Crippen LogP contribution is -2.02. The van der Waals surface area contributed by atoms with Crippen molar-refractivity contribution < 1.29 is 4.74 Å². The van der Waals surface area contributed by atoms with Crippen molar-refractivity contribution in [3.8, 4) is 5.75 Å². The Kier molecular flexibility index (Phi) is 4.25. The molecule has 3 heteroatoms. The number of hydrogen-bond donors (Lipinski definition) is 0. The molecule has 0 saturated heterocycles. The topological polar surface area (TPSA) is 27.1 Å². The highest BCUT2D eigenvalue weighted by Crippen LogP contribution is 2.26. The standard InChI is InChI=1S/C16H22N2O/c1-5-12(2)16-13(3)18(4)17-15(16)11-19-14-9-7-6-8-10-14/h6-10,12H,5,11H2,1-4H3. The minimum Gasteiger partial charge on any atom is -0.487 e. The number of nitrogens with zero attached hydrogens (tertiary/aromatic N) is 2. The molecule has 1 heterocycles. The first-order valence-electron chi connectivity index (χ1n) is 6.83. The van der Waals surface area contributed by atoms with Crippen molar-refractivity contribution >= 4 is 0 Å². The van der Waals surface area contributed by atoms with E-state index >= 15 is 0 Å². The van der Waals surface area contributed by atoms with E-state index in [0.29, 0.717) is 12.5 Å². The lowest BCUT2D eigenvalue weighted by molar-refractivity contribution is 0.298. The summed E-state index contributed by atoms with van der Waals surface area (Å²) in [6, 6.07) is 9.89. The Balaban J connectivity index is 2.18. The number of ether oxygens (including phenoxy) is 1. The molecule has 1 unspecified atom stereocenters. The smallest absolute Gasteiger partial charge is 0.132 e. The normalized spacial score (nSPS) is 12.4. The first-order chi connectivity index (χ1) is 9.13. The van der Waals surface area contributed by atoms with Gasteiger partial charge in [-0.3, -0.25) is 4.68 Å². The van der Waals surface area contributed by atoms with Crippen LogP contribution in [0, 0.1) is 6.92 Å². The molecule has 0 aliphatic carbocycles. The fourth-order valence-electron chi connectivity index (χ4n) is 2.31. The van der Waals surface area contributed by atoms with Gasteiger partial charge < -0.3 is 4.74 Å². The molecule has 3 nitrogen and oxygen atoms in total. The predicted molar refractivity (Wildman–Crippen MR) is 77.4 cm³/mol. The molecular weight excluding hydrogens is 236 g/mol. The molecule has 0 aliphatic heterocycles. The lowest BCUT2D eigenvalue weighted by Gasteiger charge is -2.11. The number of rotatable bonds is 5. The maximum absolute atomic E-state index is 5.82. The van der Waals surface area contributed by atoms with Crippen LogP contribution in [0.2, 0.25) is 0 Å². The number of hydrogen-bond acceptors (Lipinski definition) is 2. The number of aromatic nitrogens is 2. The summed E-state index contributed by atoms with van der Waals surface area (Å²) in [5, 5.41) is 4.59. The van der Waals surface area contributed by atoms with Crippen LogP contribution >= 0.6 is 0 Å². The van der Waals surface area contributed by atoms with Gasteiger partial charge >= 0.3 is 0 Å². The Morgan fingerprint density at radius 3 is 2.58 bits per heavy atom. The Hall–Kier alpha value is -1.77. The molecule has 1 aromatic heterocycles. The average molecular weight is 258 g/mol. The van der Waals surface area contributed by atoms with Crippen molar-refractivity contribution in [1.29, 1.82) is 0 Å². The van der Waals surface area contributed by atoms with Crippen molar-refractivity contribution in [3.05, 3.63) is 47.3 Å². The minimum atomic E-state index is 0.517. The van der Waals surface area contributed by atoms with Crippen LogP contribution in [0.1, 0.15) is 43.1 Å². The van der Waals surface area contributed by atoms with Gasteiger partial charge in [0.05, 0.1) is 0 Å². The summed E-state index contributed by atoms with van der Waals surface area (Å²) < 4.78 is 7.77. The first-order valence-corrected chi connectivity index (χ1v) is 6.83. The van der Waals surface area contributed by atoms with Gasteiger partial charge in [0.1, 0.15) is 18.1 Å². The third-order valence-corrected chi connectivity index (χ3v) is 3.68. The Bertz CT molecular complexity index is 531. The van der Waals surface area contributed by atoms with Crippen molar-refractivity contribution in [1.82, 2.24) is 9.78 Å². The van der Waals surface area contributed by atoms with E-state index in [4.69, 9.17) is 4.74 Å². The number of para-hydroxylation sites is 1. The predicted octanol–water partition coefficient (Wildman–Crippen LogP) is 3.82. The monoisotopic (exact) mass is 258 g/mol. The van der Waals surface area contributed by atoms with Gasteiger partial charge in [-0.1, -0.05) is 32.0 Å². The van der Waals surface area contributed by atoms with Gasteiger partial charge in [-0.2, -0.15) is 5.10 Å². The van der Waals surface area contributed by atoms with Crippen LogP contribution in [0.4, 0.5) is 0 Å². The first kappa shape index (κ1) is 13.7. The Morgan fingerprint density at radius 2 is 1.95 bits per heavy atom. The zero-order chi connectivity index (χ0) is 13.8. The fourth-order valence-corrected chi connectivity index (χ4v) is 2.31. The molecule has 0 amide bonds. The summed E-state index contributed by atoms with van der Waals surface area (Å²) in [6.45, 7) is 7.11. The second kappa shape index (κ2) is 5.91. The molecule has 0 bridgehead atoms. The molecule has 0 N–H and O–H groups in total. The molecule has 0 aliphatic rings. The van der Waals surface area contributed by atoms with Gasteiger partial charge in [0, 0.05) is 18.3 Å². The van der Waals surface area contributed by atoms with Gasteiger partial charge in [-0.25, -0.2) is 0 Å². The van der Waals surface area contributed by atoms with E-state index in [0.717, 1.165) is 17.9 Å². The quantitative estimate of drug-likeness (QED) is 0.815. The molecule has 0 saturated carbocycles. The lowest BCUT2D eigenvalue weighted by atomic mass is 9.96. The van der Waals surface area contributed by atoms with Crippen molar-refractivity contribution in [2.24, 2.45) is 7.05 Å². The van der Waals surface area contributed by atoms with Gasteiger partial charge in [0.15, 0.2) is 0 Å². The van der Waals surface area contributed by atoms with Gasteiger partial charge in [-0.05, 0) is 31.4 Å². The largest absolute Gasteiger partial charge is 0.487 e. The van der Waals surface area contributed by atoms with Crippen molar-refractivity contribution in [2.45, 2.75) is 39.7 Å². The average Bonchev–Trinajstić information content (AvgIpc) is 2.72. The molecule has 2 aromatic rings. The van der Waals surface area contributed by atoms with Crippen LogP contribution in [-0.4, -0.2) is 9.78 Å². The zero-order valence-electron chi connectivity index (χ0n) is 12.2. The van der Waals surface area contributed by atoms with Crippen LogP contribution < -0.4 is 4.74 Å². The van der Waals surface area contributed by atoms with E-state index < -0.39 is 0 Å². The summed E-state index contributed by atoms with van der Waals surface area (Å²) in [5.74, 6) is 1.41. The SMILES string of the molecule is CCC(C)c1c(COc2ccccc2)nn(C)c1C. The molecule has 0 radical (unpaired) electrons. The molecule has 1 aromatic carbocycles. The second-order valence-electron chi connectivity index (χ2n) is 4.98. The summed E-state index contributed by atoms with van der Waals surface area (Å²) >= 11 is 0. The maximum atomic E-state index is 5.82. The van der Waals surface area contributed by atoms with Crippen LogP contribution in [-0.2, 0) is 13.7 Å². The summed E-state index contributed by atoms with van der Waals surface area (Å²) in [7, 11) is 1.99. The third kappa shape index (κ3) is 2.98. The highest BCUT2D eigenvalue weighted by atomic mass is 16.5.